The lowest BCUT2D eigenvalue weighted by Crippen LogP contribution is -2.30. The first kappa shape index (κ1) is 16.5. The highest BCUT2D eigenvalue weighted by Gasteiger charge is 2.27. The van der Waals surface area contributed by atoms with Crippen LogP contribution in [0, 0.1) is 10.1 Å². The predicted molar refractivity (Wildman–Crippen MR) is 81.2 cm³/mol. The summed E-state index contributed by atoms with van der Waals surface area (Å²) in [5, 5.41) is 24.2. The minimum atomic E-state index is -1.28. The van der Waals surface area contributed by atoms with E-state index in [1.54, 1.807) is 19.1 Å². The van der Waals surface area contributed by atoms with Gasteiger partial charge in [-0.25, -0.2) is 4.79 Å². The standard InChI is InChI=1S/C15H16N2O6/c1-15(19,13-4-3-7-23-13)9-16-10-5-6-12(17(20)21)11(8-10)14(18)22-2/h3-8,16,19H,9H2,1-2H3. The van der Waals surface area contributed by atoms with Crippen molar-refractivity contribution in [3.05, 3.63) is 58.0 Å². The van der Waals surface area contributed by atoms with Crippen LogP contribution in [0.25, 0.3) is 0 Å². The number of methoxy groups -OCH3 is 1. The van der Waals surface area contributed by atoms with E-state index in [2.05, 4.69) is 10.1 Å². The molecule has 1 heterocycles. The lowest BCUT2D eigenvalue weighted by Gasteiger charge is -2.22. The Morgan fingerprint density at radius 2 is 2.22 bits per heavy atom. The third-order valence-corrected chi connectivity index (χ3v) is 3.29. The SMILES string of the molecule is COC(=O)c1cc(NCC(C)(O)c2ccco2)ccc1[N+](=O)[O-]. The number of hydrogen-bond acceptors (Lipinski definition) is 7. The number of nitro groups is 1. The minimum absolute atomic E-state index is 0.0823. The fourth-order valence-corrected chi connectivity index (χ4v) is 2.02. The molecule has 0 spiro atoms. The summed E-state index contributed by atoms with van der Waals surface area (Å²) >= 11 is 0. The zero-order valence-corrected chi connectivity index (χ0v) is 12.6. The van der Waals surface area contributed by atoms with Crippen LogP contribution < -0.4 is 5.32 Å². The van der Waals surface area contributed by atoms with Crippen molar-refractivity contribution in [2.24, 2.45) is 0 Å². The van der Waals surface area contributed by atoms with Crippen LogP contribution in [-0.2, 0) is 10.3 Å². The van der Waals surface area contributed by atoms with Gasteiger partial charge in [0, 0.05) is 11.8 Å². The first-order chi connectivity index (χ1) is 10.8. The van der Waals surface area contributed by atoms with Gasteiger partial charge in [0.05, 0.1) is 24.8 Å². The van der Waals surface area contributed by atoms with Gasteiger partial charge in [0.25, 0.3) is 5.69 Å². The minimum Gasteiger partial charge on any atom is -0.466 e. The molecule has 0 bridgehead atoms. The van der Waals surface area contributed by atoms with E-state index >= 15 is 0 Å². The zero-order valence-electron chi connectivity index (χ0n) is 12.6. The van der Waals surface area contributed by atoms with Gasteiger partial charge < -0.3 is 19.6 Å². The van der Waals surface area contributed by atoms with Gasteiger partial charge in [-0.3, -0.25) is 10.1 Å². The molecule has 8 nitrogen and oxygen atoms in total. The Balaban J connectivity index is 2.21. The van der Waals surface area contributed by atoms with Crippen molar-refractivity contribution in [1.29, 1.82) is 0 Å². The summed E-state index contributed by atoms with van der Waals surface area (Å²) in [6.07, 6.45) is 1.45. The fraction of sp³-hybridized carbons (Fsp3) is 0.267. The number of anilines is 1. The van der Waals surface area contributed by atoms with Crippen molar-refractivity contribution in [2.75, 3.05) is 19.0 Å². The van der Waals surface area contributed by atoms with Crippen LogP contribution in [0.4, 0.5) is 11.4 Å². The Kier molecular flexibility index (Phi) is 4.65. The van der Waals surface area contributed by atoms with Crippen molar-refractivity contribution < 1.29 is 24.0 Å². The van der Waals surface area contributed by atoms with Crippen LogP contribution in [-0.4, -0.2) is 29.7 Å². The molecule has 1 atom stereocenters. The van der Waals surface area contributed by atoms with Crippen molar-refractivity contribution in [2.45, 2.75) is 12.5 Å². The summed E-state index contributed by atoms with van der Waals surface area (Å²) in [6.45, 7) is 1.64. The van der Waals surface area contributed by atoms with E-state index in [0.717, 1.165) is 7.11 Å². The molecule has 0 fully saturated rings. The topological polar surface area (TPSA) is 115 Å². The lowest BCUT2D eigenvalue weighted by atomic mass is 10.0. The van der Waals surface area contributed by atoms with Crippen LogP contribution in [0.5, 0.6) is 0 Å². The first-order valence-corrected chi connectivity index (χ1v) is 6.72. The molecule has 0 aliphatic rings. The number of nitro benzene ring substituents is 1. The highest BCUT2D eigenvalue weighted by atomic mass is 16.6. The largest absolute Gasteiger partial charge is 0.466 e. The Bertz CT molecular complexity index is 709. The second-order valence-electron chi connectivity index (χ2n) is 5.09. The third kappa shape index (κ3) is 3.67. The van der Waals surface area contributed by atoms with Crippen molar-refractivity contribution in [3.63, 3.8) is 0 Å². The molecule has 2 rings (SSSR count). The molecular formula is C15H16N2O6. The molecule has 0 amide bonds. The Morgan fingerprint density at radius 1 is 1.48 bits per heavy atom. The zero-order chi connectivity index (χ0) is 17.0. The Hall–Kier alpha value is -2.87. The van der Waals surface area contributed by atoms with E-state index in [-0.39, 0.29) is 17.8 Å². The predicted octanol–water partition coefficient (Wildman–Crippen LogP) is 2.29. The highest BCUT2D eigenvalue weighted by molar-refractivity contribution is 5.95. The molecule has 2 N–H and O–H groups in total. The van der Waals surface area contributed by atoms with Crippen molar-refractivity contribution in [1.82, 2.24) is 0 Å². The average molecular weight is 320 g/mol. The quantitative estimate of drug-likeness (QED) is 0.476. The van der Waals surface area contributed by atoms with Gasteiger partial charge in [-0.1, -0.05) is 0 Å². The summed E-state index contributed by atoms with van der Waals surface area (Å²) in [6, 6.07) is 7.25. The average Bonchev–Trinajstić information content (AvgIpc) is 3.07. The van der Waals surface area contributed by atoms with E-state index in [1.807, 2.05) is 0 Å². The maximum absolute atomic E-state index is 11.7. The molecule has 1 aromatic heterocycles. The summed E-state index contributed by atoms with van der Waals surface area (Å²) in [5.41, 5.74) is -1.36. The molecule has 23 heavy (non-hydrogen) atoms. The molecule has 1 unspecified atom stereocenters. The number of hydrogen-bond donors (Lipinski definition) is 2. The van der Waals surface area contributed by atoms with Gasteiger partial charge in [0.2, 0.25) is 0 Å². The molecule has 0 saturated heterocycles. The number of nitrogens with one attached hydrogen (secondary N) is 1. The summed E-state index contributed by atoms with van der Waals surface area (Å²) < 4.78 is 9.71. The summed E-state index contributed by atoms with van der Waals surface area (Å²) in [7, 11) is 1.15. The van der Waals surface area contributed by atoms with Gasteiger partial charge >= 0.3 is 5.97 Å². The van der Waals surface area contributed by atoms with Gasteiger partial charge in [-0.15, -0.1) is 0 Å². The summed E-state index contributed by atoms with van der Waals surface area (Å²) in [4.78, 5) is 22.0. The van der Waals surface area contributed by atoms with Crippen LogP contribution in [0.1, 0.15) is 23.0 Å². The van der Waals surface area contributed by atoms with E-state index in [4.69, 9.17) is 4.42 Å². The molecule has 8 heteroatoms. The number of nitrogens with zero attached hydrogens (tertiary/aromatic N) is 1. The van der Waals surface area contributed by atoms with Gasteiger partial charge in [-0.05, 0) is 31.2 Å². The number of ether oxygens (including phenoxy) is 1. The fourth-order valence-electron chi connectivity index (χ4n) is 2.02. The molecule has 0 aliphatic carbocycles. The number of carbonyl (C=O) groups is 1. The molecule has 1 aromatic carbocycles. The molecule has 0 saturated carbocycles. The Labute approximate surface area is 131 Å². The van der Waals surface area contributed by atoms with Crippen molar-refractivity contribution in [3.8, 4) is 0 Å². The maximum atomic E-state index is 11.7. The monoisotopic (exact) mass is 320 g/mol. The molecule has 0 aliphatic heterocycles. The van der Waals surface area contributed by atoms with Crippen LogP contribution >= 0.6 is 0 Å². The number of benzene rings is 1. The number of carbonyl (C=O) groups excluding carboxylic acids is 1. The van der Waals surface area contributed by atoms with E-state index in [9.17, 15) is 20.0 Å². The van der Waals surface area contributed by atoms with Crippen LogP contribution in [0.15, 0.2) is 41.0 Å². The second-order valence-corrected chi connectivity index (χ2v) is 5.09. The highest BCUT2D eigenvalue weighted by Crippen LogP contribution is 2.26. The third-order valence-electron chi connectivity index (χ3n) is 3.29. The molecule has 2 aromatic rings. The Morgan fingerprint density at radius 3 is 2.78 bits per heavy atom. The van der Waals surface area contributed by atoms with E-state index < -0.39 is 16.5 Å². The second kappa shape index (κ2) is 6.49. The lowest BCUT2D eigenvalue weighted by molar-refractivity contribution is -0.385. The number of aliphatic hydroxyl groups is 1. The molecule has 0 radical (unpaired) electrons. The number of rotatable bonds is 6. The van der Waals surface area contributed by atoms with E-state index in [0.29, 0.717) is 11.4 Å². The first-order valence-electron chi connectivity index (χ1n) is 6.72. The number of furan rings is 1. The maximum Gasteiger partial charge on any atom is 0.344 e. The smallest absolute Gasteiger partial charge is 0.344 e. The van der Waals surface area contributed by atoms with Gasteiger partial charge in [0.15, 0.2) is 0 Å². The van der Waals surface area contributed by atoms with E-state index in [1.165, 1.54) is 24.5 Å². The van der Waals surface area contributed by atoms with Crippen LogP contribution in [0.3, 0.4) is 0 Å². The van der Waals surface area contributed by atoms with Gasteiger partial charge in [-0.2, -0.15) is 0 Å². The normalized spacial score (nSPS) is 13.2. The molecular weight excluding hydrogens is 304 g/mol. The number of esters is 1. The molecule has 122 valence electrons. The van der Waals surface area contributed by atoms with Gasteiger partial charge in [0.1, 0.15) is 16.9 Å². The van der Waals surface area contributed by atoms with Crippen molar-refractivity contribution >= 4 is 17.3 Å². The summed E-state index contributed by atoms with van der Waals surface area (Å²) in [5.74, 6) is -0.432. The van der Waals surface area contributed by atoms with Crippen LogP contribution in [0.2, 0.25) is 0 Å².